The maximum Gasteiger partial charge on any atom is 0.217 e. The summed E-state index contributed by atoms with van der Waals surface area (Å²) in [5.41, 5.74) is 5.89. The molecular formula is C11H12ClFN2O. The standard InChI is InChI=1S/C11H12ClFN2O/c1-7(16)15-4-2-3-8-5-10(13)11(14)6-9(8)12/h2-3,5-6H,4,14H2,1H3,(H,15,16). The Morgan fingerprint density at radius 2 is 2.31 bits per heavy atom. The van der Waals surface area contributed by atoms with Gasteiger partial charge in [0.25, 0.3) is 0 Å². The third-order valence-corrected chi connectivity index (χ3v) is 2.21. The van der Waals surface area contributed by atoms with Crippen molar-refractivity contribution in [3.05, 3.63) is 34.6 Å². The molecule has 0 saturated carbocycles. The number of anilines is 1. The van der Waals surface area contributed by atoms with E-state index in [1.165, 1.54) is 19.1 Å². The third-order valence-electron chi connectivity index (χ3n) is 1.88. The van der Waals surface area contributed by atoms with Crippen molar-refractivity contribution in [1.82, 2.24) is 5.32 Å². The van der Waals surface area contributed by atoms with Gasteiger partial charge in [0, 0.05) is 13.5 Å². The summed E-state index contributed by atoms with van der Waals surface area (Å²) in [7, 11) is 0. The molecule has 1 aromatic carbocycles. The van der Waals surface area contributed by atoms with Gasteiger partial charge >= 0.3 is 0 Å². The maximum atomic E-state index is 13.1. The Labute approximate surface area is 98.1 Å². The van der Waals surface area contributed by atoms with E-state index in [9.17, 15) is 9.18 Å². The first kappa shape index (κ1) is 12.5. The second-order valence-corrected chi connectivity index (χ2v) is 3.64. The van der Waals surface area contributed by atoms with Crippen LogP contribution in [0.1, 0.15) is 12.5 Å². The Balaban J connectivity index is 2.73. The first-order valence-corrected chi connectivity index (χ1v) is 5.04. The summed E-state index contributed by atoms with van der Waals surface area (Å²) in [6, 6.07) is 2.61. The molecule has 0 atom stereocenters. The van der Waals surface area contributed by atoms with E-state index >= 15 is 0 Å². The number of nitrogens with two attached hydrogens (primary N) is 1. The molecule has 0 saturated heterocycles. The number of rotatable bonds is 3. The minimum absolute atomic E-state index is 0.0176. The van der Waals surface area contributed by atoms with Gasteiger partial charge < -0.3 is 11.1 Å². The monoisotopic (exact) mass is 242 g/mol. The highest BCUT2D eigenvalue weighted by Crippen LogP contribution is 2.23. The van der Waals surface area contributed by atoms with E-state index < -0.39 is 5.82 Å². The topological polar surface area (TPSA) is 55.1 Å². The van der Waals surface area contributed by atoms with Crippen LogP contribution in [0.3, 0.4) is 0 Å². The lowest BCUT2D eigenvalue weighted by atomic mass is 10.2. The number of hydrogen-bond donors (Lipinski definition) is 2. The van der Waals surface area contributed by atoms with Crippen LogP contribution in [-0.4, -0.2) is 12.5 Å². The van der Waals surface area contributed by atoms with E-state index in [0.717, 1.165) is 0 Å². The number of carbonyl (C=O) groups excluding carboxylic acids is 1. The SMILES string of the molecule is CC(=O)NCC=Cc1cc(F)c(N)cc1Cl. The van der Waals surface area contributed by atoms with Gasteiger partial charge in [-0.3, -0.25) is 4.79 Å². The molecule has 3 N–H and O–H groups in total. The largest absolute Gasteiger partial charge is 0.396 e. The van der Waals surface area contributed by atoms with Crippen molar-refractivity contribution >= 4 is 29.3 Å². The molecule has 0 heterocycles. The van der Waals surface area contributed by atoms with Gasteiger partial charge in [0.05, 0.1) is 10.7 Å². The van der Waals surface area contributed by atoms with Crippen LogP contribution in [0.2, 0.25) is 5.02 Å². The Hall–Kier alpha value is -1.55. The van der Waals surface area contributed by atoms with Gasteiger partial charge in [0.15, 0.2) is 0 Å². The first-order chi connectivity index (χ1) is 7.50. The number of carbonyl (C=O) groups is 1. The van der Waals surface area contributed by atoms with Crippen molar-refractivity contribution < 1.29 is 9.18 Å². The zero-order valence-electron chi connectivity index (χ0n) is 8.76. The summed E-state index contributed by atoms with van der Waals surface area (Å²) in [4.78, 5) is 10.6. The Kier molecular flexibility index (Phi) is 4.31. The van der Waals surface area contributed by atoms with Crippen molar-refractivity contribution in [3.8, 4) is 0 Å². The number of hydrogen-bond acceptors (Lipinski definition) is 2. The predicted molar refractivity (Wildman–Crippen MR) is 63.5 cm³/mol. The van der Waals surface area contributed by atoms with Crippen molar-refractivity contribution in [2.24, 2.45) is 0 Å². The van der Waals surface area contributed by atoms with Gasteiger partial charge in [-0.1, -0.05) is 23.8 Å². The fourth-order valence-corrected chi connectivity index (χ4v) is 1.33. The Morgan fingerprint density at radius 3 is 2.94 bits per heavy atom. The third kappa shape index (κ3) is 3.55. The second kappa shape index (κ2) is 5.51. The maximum absolute atomic E-state index is 13.1. The number of benzene rings is 1. The van der Waals surface area contributed by atoms with Gasteiger partial charge in [-0.2, -0.15) is 0 Å². The normalized spacial score (nSPS) is 10.7. The van der Waals surface area contributed by atoms with Crippen LogP contribution >= 0.6 is 11.6 Å². The molecule has 16 heavy (non-hydrogen) atoms. The lowest BCUT2D eigenvalue weighted by molar-refractivity contribution is -0.118. The summed E-state index contributed by atoms with van der Waals surface area (Å²) in [5.74, 6) is -0.636. The molecule has 0 fully saturated rings. The summed E-state index contributed by atoms with van der Waals surface area (Å²) in [6.45, 7) is 1.79. The van der Waals surface area contributed by atoms with Gasteiger partial charge in [-0.15, -0.1) is 0 Å². The van der Waals surface area contributed by atoms with E-state index in [-0.39, 0.29) is 11.6 Å². The number of amides is 1. The molecule has 0 unspecified atom stereocenters. The molecule has 5 heteroatoms. The van der Waals surface area contributed by atoms with Crippen molar-refractivity contribution in [2.45, 2.75) is 6.92 Å². The van der Waals surface area contributed by atoms with E-state index in [4.69, 9.17) is 17.3 Å². The smallest absolute Gasteiger partial charge is 0.217 e. The lowest BCUT2D eigenvalue weighted by Gasteiger charge is -2.02. The molecule has 0 aliphatic rings. The second-order valence-electron chi connectivity index (χ2n) is 3.23. The number of nitrogens with one attached hydrogen (secondary N) is 1. The molecular weight excluding hydrogens is 231 g/mol. The molecule has 1 amide bonds. The minimum Gasteiger partial charge on any atom is -0.396 e. The molecule has 3 nitrogen and oxygen atoms in total. The van der Waals surface area contributed by atoms with Crippen molar-refractivity contribution in [3.63, 3.8) is 0 Å². The minimum atomic E-state index is -0.511. The van der Waals surface area contributed by atoms with Gasteiger partial charge in [0.1, 0.15) is 5.82 Å². The van der Waals surface area contributed by atoms with E-state index in [1.54, 1.807) is 12.2 Å². The zero-order chi connectivity index (χ0) is 12.1. The molecule has 1 aromatic rings. The zero-order valence-corrected chi connectivity index (χ0v) is 9.51. The molecule has 0 radical (unpaired) electrons. The molecule has 0 aliphatic heterocycles. The lowest BCUT2D eigenvalue weighted by Crippen LogP contribution is -2.19. The molecule has 0 spiro atoms. The van der Waals surface area contributed by atoms with Crippen LogP contribution in [-0.2, 0) is 4.79 Å². The van der Waals surface area contributed by atoms with Crippen molar-refractivity contribution in [1.29, 1.82) is 0 Å². The van der Waals surface area contributed by atoms with Crippen LogP contribution in [0.25, 0.3) is 6.08 Å². The van der Waals surface area contributed by atoms with Crippen LogP contribution < -0.4 is 11.1 Å². The highest BCUT2D eigenvalue weighted by molar-refractivity contribution is 6.32. The average Bonchev–Trinajstić information content (AvgIpc) is 2.19. The van der Waals surface area contributed by atoms with Gasteiger partial charge in [-0.05, 0) is 17.7 Å². The summed E-state index contributed by atoms with van der Waals surface area (Å²) < 4.78 is 13.1. The highest BCUT2D eigenvalue weighted by atomic mass is 35.5. The summed E-state index contributed by atoms with van der Waals surface area (Å²) in [6.07, 6.45) is 3.30. The van der Waals surface area contributed by atoms with Crippen LogP contribution in [0, 0.1) is 5.82 Å². The molecule has 0 bridgehead atoms. The van der Waals surface area contributed by atoms with Gasteiger partial charge in [0.2, 0.25) is 5.91 Å². The van der Waals surface area contributed by atoms with E-state index in [0.29, 0.717) is 17.1 Å². The summed E-state index contributed by atoms with van der Waals surface area (Å²) >= 11 is 5.86. The molecule has 0 aliphatic carbocycles. The van der Waals surface area contributed by atoms with E-state index in [1.807, 2.05) is 0 Å². The van der Waals surface area contributed by atoms with Crippen LogP contribution in [0.15, 0.2) is 18.2 Å². The predicted octanol–water partition coefficient (Wildman–Crippen LogP) is 2.21. The summed E-state index contributed by atoms with van der Waals surface area (Å²) in [5, 5.41) is 2.95. The Bertz CT molecular complexity index is 432. The quantitative estimate of drug-likeness (QED) is 0.799. The van der Waals surface area contributed by atoms with Crippen molar-refractivity contribution in [2.75, 3.05) is 12.3 Å². The van der Waals surface area contributed by atoms with Gasteiger partial charge in [-0.25, -0.2) is 4.39 Å². The number of nitrogen functional groups attached to an aromatic ring is 1. The Morgan fingerprint density at radius 1 is 1.62 bits per heavy atom. The average molecular weight is 243 g/mol. The first-order valence-electron chi connectivity index (χ1n) is 4.66. The van der Waals surface area contributed by atoms with Crippen LogP contribution in [0.5, 0.6) is 0 Å². The van der Waals surface area contributed by atoms with Crippen LogP contribution in [0.4, 0.5) is 10.1 Å². The molecule has 1 rings (SSSR count). The fraction of sp³-hybridized carbons (Fsp3) is 0.182. The highest BCUT2D eigenvalue weighted by Gasteiger charge is 2.03. The van der Waals surface area contributed by atoms with E-state index in [2.05, 4.69) is 5.32 Å². The number of halogens is 2. The molecule has 0 aromatic heterocycles. The fourth-order valence-electron chi connectivity index (χ4n) is 1.09. The molecule has 86 valence electrons.